The molecule has 0 saturated heterocycles. The fourth-order valence-electron chi connectivity index (χ4n) is 0.841. The SMILES string of the molecule is CP(C)(=O)c1cccc(CBr)n1. The molecule has 0 aliphatic rings. The van der Waals surface area contributed by atoms with Crippen molar-refractivity contribution in [2.24, 2.45) is 0 Å². The molecule has 0 fully saturated rings. The minimum atomic E-state index is -2.19. The molecule has 0 amide bonds. The molecule has 0 saturated carbocycles. The summed E-state index contributed by atoms with van der Waals surface area (Å²) in [6.07, 6.45) is 0. The van der Waals surface area contributed by atoms with Crippen LogP contribution in [0.15, 0.2) is 18.2 Å². The average molecular weight is 248 g/mol. The summed E-state index contributed by atoms with van der Waals surface area (Å²) in [6.45, 7) is 3.46. The Balaban J connectivity index is 3.11. The molecule has 2 nitrogen and oxygen atoms in total. The molecule has 0 unspecified atom stereocenters. The third-order valence-corrected chi connectivity index (χ3v) is 3.41. The van der Waals surface area contributed by atoms with Gasteiger partial charge in [0.05, 0.1) is 11.1 Å². The molecule has 0 bridgehead atoms. The molecule has 4 heteroatoms. The van der Waals surface area contributed by atoms with Crippen molar-refractivity contribution in [3.05, 3.63) is 23.9 Å². The van der Waals surface area contributed by atoms with E-state index < -0.39 is 7.14 Å². The molecule has 1 aromatic heterocycles. The Morgan fingerprint density at radius 2 is 2.17 bits per heavy atom. The quantitative estimate of drug-likeness (QED) is 0.593. The molecule has 0 spiro atoms. The van der Waals surface area contributed by atoms with E-state index in [2.05, 4.69) is 20.9 Å². The molecule has 0 atom stereocenters. The molecule has 0 aromatic carbocycles. The molecule has 0 radical (unpaired) electrons. The Labute approximate surface area is 80.9 Å². The van der Waals surface area contributed by atoms with Crippen molar-refractivity contribution in [3.63, 3.8) is 0 Å². The lowest BCUT2D eigenvalue weighted by Crippen LogP contribution is -2.09. The fraction of sp³-hybridized carbons (Fsp3) is 0.375. The van der Waals surface area contributed by atoms with Crippen molar-refractivity contribution in [2.75, 3.05) is 13.3 Å². The molecule has 0 aliphatic heterocycles. The van der Waals surface area contributed by atoms with E-state index in [1.807, 2.05) is 18.2 Å². The van der Waals surface area contributed by atoms with Gasteiger partial charge < -0.3 is 4.57 Å². The first-order valence-electron chi connectivity index (χ1n) is 3.61. The van der Waals surface area contributed by atoms with Crippen molar-refractivity contribution < 1.29 is 4.57 Å². The van der Waals surface area contributed by atoms with E-state index in [1.54, 1.807) is 13.3 Å². The Hall–Kier alpha value is -0.140. The molecule has 0 N–H and O–H groups in total. The number of hydrogen-bond acceptors (Lipinski definition) is 2. The number of hydrogen-bond donors (Lipinski definition) is 0. The van der Waals surface area contributed by atoms with Crippen LogP contribution in [0.25, 0.3) is 0 Å². The number of pyridine rings is 1. The third kappa shape index (κ3) is 2.43. The van der Waals surface area contributed by atoms with Gasteiger partial charge in [0.2, 0.25) is 0 Å². The highest BCUT2D eigenvalue weighted by molar-refractivity contribution is 9.08. The van der Waals surface area contributed by atoms with Crippen molar-refractivity contribution in [2.45, 2.75) is 5.33 Å². The van der Waals surface area contributed by atoms with E-state index in [4.69, 9.17) is 0 Å². The zero-order valence-corrected chi connectivity index (χ0v) is 9.60. The van der Waals surface area contributed by atoms with Gasteiger partial charge in [-0.25, -0.2) is 4.98 Å². The Kier molecular flexibility index (Phi) is 3.08. The molecule has 0 aliphatic carbocycles. The van der Waals surface area contributed by atoms with Gasteiger partial charge in [-0.1, -0.05) is 22.0 Å². The van der Waals surface area contributed by atoms with Crippen LogP contribution in [0.1, 0.15) is 5.69 Å². The zero-order valence-electron chi connectivity index (χ0n) is 7.12. The highest BCUT2D eigenvalue weighted by Crippen LogP contribution is 2.33. The average Bonchev–Trinajstić information content (AvgIpc) is 2.03. The van der Waals surface area contributed by atoms with Crippen LogP contribution in [0.3, 0.4) is 0 Å². The summed E-state index contributed by atoms with van der Waals surface area (Å²) < 4.78 is 11.6. The summed E-state index contributed by atoms with van der Waals surface area (Å²) in [4.78, 5) is 4.25. The van der Waals surface area contributed by atoms with Crippen molar-refractivity contribution in [1.29, 1.82) is 0 Å². The van der Waals surface area contributed by atoms with Crippen molar-refractivity contribution in [3.8, 4) is 0 Å². The summed E-state index contributed by atoms with van der Waals surface area (Å²) >= 11 is 3.31. The molecule has 12 heavy (non-hydrogen) atoms. The normalized spacial score (nSPS) is 11.6. The van der Waals surface area contributed by atoms with E-state index in [-0.39, 0.29) is 0 Å². The second-order valence-corrected chi connectivity index (χ2v) is 6.69. The first kappa shape index (κ1) is 9.94. The highest BCUT2D eigenvalue weighted by Gasteiger charge is 2.12. The van der Waals surface area contributed by atoms with E-state index in [0.717, 1.165) is 5.69 Å². The Bertz CT molecular complexity index is 321. The van der Waals surface area contributed by atoms with Crippen LogP contribution in [0, 0.1) is 0 Å². The van der Waals surface area contributed by atoms with E-state index in [0.29, 0.717) is 10.8 Å². The van der Waals surface area contributed by atoms with E-state index in [1.165, 1.54) is 0 Å². The summed E-state index contributed by atoms with van der Waals surface area (Å²) in [5, 5.41) is 0.709. The second-order valence-electron chi connectivity index (χ2n) is 2.97. The van der Waals surface area contributed by atoms with Crippen LogP contribution in [-0.2, 0) is 9.90 Å². The lowest BCUT2D eigenvalue weighted by Gasteiger charge is -2.05. The van der Waals surface area contributed by atoms with Crippen LogP contribution in [0.2, 0.25) is 0 Å². The predicted molar refractivity (Wildman–Crippen MR) is 56.0 cm³/mol. The summed E-state index contributed by atoms with van der Waals surface area (Å²) in [5.41, 5.74) is 1.64. The highest BCUT2D eigenvalue weighted by atomic mass is 79.9. The lowest BCUT2D eigenvalue weighted by atomic mass is 10.4. The minimum absolute atomic E-state index is 0.708. The van der Waals surface area contributed by atoms with Gasteiger partial charge in [0.25, 0.3) is 0 Å². The number of alkyl halides is 1. The third-order valence-electron chi connectivity index (χ3n) is 1.48. The fourth-order valence-corrected chi connectivity index (χ4v) is 1.97. The van der Waals surface area contributed by atoms with E-state index in [9.17, 15) is 4.57 Å². The first-order valence-corrected chi connectivity index (χ1v) is 7.34. The van der Waals surface area contributed by atoms with Gasteiger partial charge in [0.1, 0.15) is 7.14 Å². The van der Waals surface area contributed by atoms with Crippen LogP contribution < -0.4 is 5.44 Å². The smallest absolute Gasteiger partial charge is 0.127 e. The van der Waals surface area contributed by atoms with Crippen LogP contribution >= 0.6 is 23.1 Å². The standard InChI is InChI=1S/C8H11BrNOP/c1-12(2,11)8-5-3-4-7(6-9)10-8/h3-5H,6H2,1-2H3. The van der Waals surface area contributed by atoms with Crippen LogP contribution in [0.4, 0.5) is 0 Å². The maximum Gasteiger partial charge on any atom is 0.127 e. The van der Waals surface area contributed by atoms with Gasteiger partial charge in [-0.2, -0.15) is 0 Å². The van der Waals surface area contributed by atoms with Crippen molar-refractivity contribution >= 4 is 28.5 Å². The van der Waals surface area contributed by atoms with Gasteiger partial charge in [-0.05, 0) is 25.5 Å². The van der Waals surface area contributed by atoms with E-state index >= 15 is 0 Å². The lowest BCUT2D eigenvalue weighted by molar-refractivity contribution is 0.587. The van der Waals surface area contributed by atoms with Gasteiger partial charge >= 0.3 is 0 Å². The number of nitrogens with zero attached hydrogens (tertiary/aromatic N) is 1. The predicted octanol–water partition coefficient (Wildman–Crippen LogP) is 2.22. The number of aromatic nitrogens is 1. The maximum atomic E-state index is 11.6. The van der Waals surface area contributed by atoms with Gasteiger partial charge in [0.15, 0.2) is 0 Å². The Morgan fingerprint density at radius 3 is 2.67 bits per heavy atom. The molecular weight excluding hydrogens is 237 g/mol. The second kappa shape index (κ2) is 3.71. The minimum Gasteiger partial charge on any atom is -0.318 e. The summed E-state index contributed by atoms with van der Waals surface area (Å²) in [7, 11) is -2.19. The molecule has 66 valence electrons. The molecule has 1 aromatic rings. The summed E-state index contributed by atoms with van der Waals surface area (Å²) in [5.74, 6) is 0. The molecule has 1 heterocycles. The maximum absolute atomic E-state index is 11.6. The number of rotatable bonds is 2. The van der Waals surface area contributed by atoms with Crippen LogP contribution in [0.5, 0.6) is 0 Å². The topological polar surface area (TPSA) is 30.0 Å². The van der Waals surface area contributed by atoms with Gasteiger partial charge in [-0.15, -0.1) is 0 Å². The van der Waals surface area contributed by atoms with Gasteiger partial charge in [0, 0.05) is 5.33 Å². The largest absolute Gasteiger partial charge is 0.318 e. The summed E-state index contributed by atoms with van der Waals surface area (Å²) in [6, 6.07) is 5.61. The molecule has 1 rings (SSSR count). The zero-order chi connectivity index (χ0) is 9.19. The number of halogens is 1. The van der Waals surface area contributed by atoms with Crippen molar-refractivity contribution in [1.82, 2.24) is 4.98 Å². The Morgan fingerprint density at radius 1 is 1.50 bits per heavy atom. The van der Waals surface area contributed by atoms with Gasteiger partial charge in [-0.3, -0.25) is 0 Å². The molecular formula is C8H11BrNOP. The van der Waals surface area contributed by atoms with Crippen LogP contribution in [-0.4, -0.2) is 18.3 Å². The first-order chi connectivity index (χ1) is 5.54. The monoisotopic (exact) mass is 247 g/mol.